The van der Waals surface area contributed by atoms with Crippen LogP contribution in [0.3, 0.4) is 0 Å². The number of hydrogen-bond donors (Lipinski definition) is 3. The standard InChI is InChI=1S/C8H19O6PS/c9-15(10,11)7-5-13-3-1-12-2-4-14-6-8-16/h16H,1-8H2,(H2,9,10,11). The van der Waals surface area contributed by atoms with Crippen molar-refractivity contribution < 1.29 is 28.6 Å². The van der Waals surface area contributed by atoms with Crippen LogP contribution in [0.15, 0.2) is 0 Å². The summed E-state index contributed by atoms with van der Waals surface area (Å²) in [5, 5.41) is 0. The molecule has 0 aromatic rings. The molecule has 98 valence electrons. The van der Waals surface area contributed by atoms with Crippen molar-refractivity contribution in [1.82, 2.24) is 0 Å². The first-order valence-electron chi connectivity index (χ1n) is 4.95. The monoisotopic (exact) mass is 274 g/mol. The van der Waals surface area contributed by atoms with Crippen molar-refractivity contribution in [2.24, 2.45) is 0 Å². The van der Waals surface area contributed by atoms with E-state index in [1.807, 2.05) is 0 Å². The van der Waals surface area contributed by atoms with Crippen molar-refractivity contribution in [2.75, 3.05) is 51.6 Å². The molecule has 0 bridgehead atoms. The third-order valence-electron chi connectivity index (χ3n) is 1.51. The van der Waals surface area contributed by atoms with Crippen LogP contribution in [0.2, 0.25) is 0 Å². The van der Waals surface area contributed by atoms with Gasteiger partial charge in [0.15, 0.2) is 0 Å². The lowest BCUT2D eigenvalue weighted by Crippen LogP contribution is -2.11. The summed E-state index contributed by atoms with van der Waals surface area (Å²) in [7, 11) is -3.93. The maximum atomic E-state index is 10.4. The Morgan fingerprint density at radius 2 is 1.31 bits per heavy atom. The van der Waals surface area contributed by atoms with Crippen LogP contribution in [0.5, 0.6) is 0 Å². The smallest absolute Gasteiger partial charge is 0.327 e. The van der Waals surface area contributed by atoms with Crippen molar-refractivity contribution in [1.29, 1.82) is 0 Å². The predicted octanol–water partition coefficient (Wildman–Crippen LogP) is 0.144. The maximum Gasteiger partial charge on any atom is 0.327 e. The SMILES string of the molecule is O=P(O)(O)CCOCCOCCOCCS. The van der Waals surface area contributed by atoms with E-state index in [0.29, 0.717) is 38.8 Å². The second-order valence-corrected chi connectivity index (χ2v) is 5.17. The zero-order valence-electron chi connectivity index (χ0n) is 9.08. The molecule has 0 heterocycles. The van der Waals surface area contributed by atoms with Crippen LogP contribution >= 0.6 is 20.2 Å². The van der Waals surface area contributed by atoms with Crippen LogP contribution in [0, 0.1) is 0 Å². The second-order valence-electron chi connectivity index (χ2n) is 2.95. The van der Waals surface area contributed by atoms with Gasteiger partial charge in [0.25, 0.3) is 0 Å². The zero-order chi connectivity index (χ0) is 12.3. The van der Waals surface area contributed by atoms with E-state index in [2.05, 4.69) is 12.6 Å². The molecular formula is C8H19O6PS. The Morgan fingerprint density at radius 1 is 0.875 bits per heavy atom. The molecule has 8 heteroatoms. The minimum Gasteiger partial charge on any atom is -0.378 e. The largest absolute Gasteiger partial charge is 0.378 e. The first kappa shape index (κ1) is 16.4. The quantitative estimate of drug-likeness (QED) is 0.282. The number of ether oxygens (including phenoxy) is 3. The van der Waals surface area contributed by atoms with Gasteiger partial charge in [-0.3, -0.25) is 4.57 Å². The maximum absolute atomic E-state index is 10.4. The van der Waals surface area contributed by atoms with Gasteiger partial charge in [0.1, 0.15) is 0 Å². The highest BCUT2D eigenvalue weighted by Gasteiger charge is 2.11. The van der Waals surface area contributed by atoms with Gasteiger partial charge in [-0.25, -0.2) is 0 Å². The van der Waals surface area contributed by atoms with E-state index in [1.165, 1.54) is 0 Å². The summed E-state index contributed by atoms with van der Waals surface area (Å²) in [6.07, 6.45) is -0.252. The number of hydrogen-bond acceptors (Lipinski definition) is 5. The molecule has 0 unspecified atom stereocenters. The Labute approximate surface area is 101 Å². The molecule has 0 radical (unpaired) electrons. The molecular weight excluding hydrogens is 255 g/mol. The van der Waals surface area contributed by atoms with Crippen LogP contribution in [0.4, 0.5) is 0 Å². The Bertz CT molecular complexity index is 197. The molecule has 0 atom stereocenters. The molecule has 0 aliphatic heterocycles. The molecule has 0 spiro atoms. The summed E-state index contributed by atoms with van der Waals surface area (Å²) in [5.41, 5.74) is 0. The highest BCUT2D eigenvalue weighted by Crippen LogP contribution is 2.33. The van der Waals surface area contributed by atoms with E-state index in [4.69, 9.17) is 24.0 Å². The molecule has 0 amide bonds. The molecule has 0 aliphatic rings. The van der Waals surface area contributed by atoms with Gasteiger partial charge in [-0.05, 0) is 0 Å². The van der Waals surface area contributed by atoms with E-state index in [0.717, 1.165) is 0 Å². The van der Waals surface area contributed by atoms with Gasteiger partial charge in [0, 0.05) is 5.75 Å². The van der Waals surface area contributed by atoms with Gasteiger partial charge >= 0.3 is 7.60 Å². The fourth-order valence-electron chi connectivity index (χ4n) is 0.790. The van der Waals surface area contributed by atoms with E-state index < -0.39 is 7.60 Å². The summed E-state index contributed by atoms with van der Waals surface area (Å²) in [6.45, 7) is 2.37. The van der Waals surface area contributed by atoms with Crippen molar-refractivity contribution >= 4 is 20.2 Å². The molecule has 2 N–H and O–H groups in total. The topological polar surface area (TPSA) is 85.2 Å². The lowest BCUT2D eigenvalue weighted by atomic mass is 10.7. The first-order valence-corrected chi connectivity index (χ1v) is 7.38. The van der Waals surface area contributed by atoms with Crippen LogP contribution in [-0.2, 0) is 18.8 Å². The van der Waals surface area contributed by atoms with Crippen LogP contribution in [0.25, 0.3) is 0 Å². The number of rotatable bonds is 11. The molecule has 0 aromatic heterocycles. The normalized spacial score (nSPS) is 11.9. The first-order chi connectivity index (χ1) is 7.56. The fraction of sp³-hybridized carbons (Fsp3) is 1.00. The van der Waals surface area contributed by atoms with Gasteiger partial charge in [-0.2, -0.15) is 12.6 Å². The Balaban J connectivity index is 3.02. The van der Waals surface area contributed by atoms with E-state index in [9.17, 15) is 4.57 Å². The van der Waals surface area contributed by atoms with Crippen molar-refractivity contribution in [3.8, 4) is 0 Å². The van der Waals surface area contributed by atoms with E-state index in [1.54, 1.807) is 0 Å². The van der Waals surface area contributed by atoms with Crippen LogP contribution in [0.1, 0.15) is 0 Å². The van der Waals surface area contributed by atoms with Gasteiger partial charge < -0.3 is 24.0 Å². The second kappa shape index (κ2) is 10.5. The lowest BCUT2D eigenvalue weighted by Gasteiger charge is -2.06. The average Bonchev–Trinajstić information content (AvgIpc) is 2.19. The minimum atomic E-state index is -3.93. The lowest BCUT2D eigenvalue weighted by molar-refractivity contribution is 0.0199. The molecule has 0 saturated heterocycles. The Morgan fingerprint density at radius 3 is 1.75 bits per heavy atom. The van der Waals surface area contributed by atoms with Crippen molar-refractivity contribution in [3.05, 3.63) is 0 Å². The molecule has 0 aromatic carbocycles. The molecule has 16 heavy (non-hydrogen) atoms. The summed E-state index contributed by atoms with van der Waals surface area (Å²) in [5.74, 6) is 0.686. The Hall–Kier alpha value is 0.380. The van der Waals surface area contributed by atoms with Gasteiger partial charge in [-0.15, -0.1) is 0 Å². The average molecular weight is 274 g/mol. The predicted molar refractivity (Wildman–Crippen MR) is 63.2 cm³/mol. The molecule has 0 saturated carbocycles. The van der Waals surface area contributed by atoms with E-state index in [-0.39, 0.29) is 12.8 Å². The van der Waals surface area contributed by atoms with Gasteiger partial charge in [0.2, 0.25) is 0 Å². The molecule has 6 nitrogen and oxygen atoms in total. The van der Waals surface area contributed by atoms with Crippen LogP contribution < -0.4 is 0 Å². The third kappa shape index (κ3) is 14.4. The summed E-state index contributed by atoms with van der Waals surface area (Å²) in [6, 6.07) is 0. The Kier molecular flexibility index (Phi) is 10.8. The summed E-state index contributed by atoms with van der Waals surface area (Å²) in [4.78, 5) is 17.0. The highest BCUT2D eigenvalue weighted by molar-refractivity contribution is 7.80. The highest BCUT2D eigenvalue weighted by atomic mass is 32.1. The van der Waals surface area contributed by atoms with Crippen molar-refractivity contribution in [2.45, 2.75) is 0 Å². The molecule has 0 fully saturated rings. The van der Waals surface area contributed by atoms with Gasteiger partial charge in [0.05, 0.1) is 45.8 Å². The number of thiol groups is 1. The van der Waals surface area contributed by atoms with Crippen molar-refractivity contribution in [3.63, 3.8) is 0 Å². The fourth-order valence-corrected chi connectivity index (χ4v) is 1.29. The van der Waals surface area contributed by atoms with Crippen LogP contribution in [-0.4, -0.2) is 61.3 Å². The van der Waals surface area contributed by atoms with Gasteiger partial charge in [-0.1, -0.05) is 0 Å². The molecule has 0 aliphatic carbocycles. The minimum absolute atomic E-state index is 0.0454. The summed E-state index contributed by atoms with van der Waals surface area (Å²) >= 11 is 3.98. The zero-order valence-corrected chi connectivity index (χ0v) is 10.9. The summed E-state index contributed by atoms with van der Waals surface area (Å²) < 4.78 is 25.6. The van der Waals surface area contributed by atoms with E-state index >= 15 is 0 Å². The third-order valence-corrected chi connectivity index (χ3v) is 2.45. The molecule has 0 rings (SSSR count).